The van der Waals surface area contributed by atoms with E-state index < -0.39 is 10.8 Å². The first-order valence-corrected chi connectivity index (χ1v) is 7.37. The highest BCUT2D eigenvalue weighted by molar-refractivity contribution is 6.29. The summed E-state index contributed by atoms with van der Waals surface area (Å²) >= 11 is 5.73. The van der Waals surface area contributed by atoms with Crippen molar-refractivity contribution in [1.29, 1.82) is 0 Å². The molecule has 1 amide bonds. The monoisotopic (exact) mass is 311 g/mol. The number of nitrogens with one attached hydrogen (secondary N) is 1. The maximum Gasteiger partial charge on any atom is 0.300 e. The van der Waals surface area contributed by atoms with E-state index in [0.29, 0.717) is 6.54 Å². The van der Waals surface area contributed by atoms with E-state index in [2.05, 4.69) is 17.2 Å². The quantitative estimate of drug-likeness (QED) is 0.525. The van der Waals surface area contributed by atoms with Crippen LogP contribution < -0.4 is 5.32 Å². The van der Waals surface area contributed by atoms with Gasteiger partial charge in [-0.15, -0.1) is 0 Å². The van der Waals surface area contributed by atoms with Crippen molar-refractivity contribution in [2.24, 2.45) is 5.41 Å². The fourth-order valence-corrected chi connectivity index (χ4v) is 2.88. The number of pyridine rings is 1. The Morgan fingerprint density at radius 2 is 2.14 bits per heavy atom. The molecule has 1 heterocycles. The van der Waals surface area contributed by atoms with E-state index in [4.69, 9.17) is 11.6 Å². The number of carbonyl (C=O) groups excluding carboxylic acids is 1. The molecule has 2 rings (SSSR count). The van der Waals surface area contributed by atoms with Gasteiger partial charge >= 0.3 is 0 Å². The molecule has 0 bridgehead atoms. The molecule has 0 aromatic carbocycles. The lowest BCUT2D eigenvalue weighted by molar-refractivity contribution is -0.385. The molecule has 0 atom stereocenters. The largest absolute Gasteiger partial charge is 0.351 e. The summed E-state index contributed by atoms with van der Waals surface area (Å²) in [7, 11) is 0. The topological polar surface area (TPSA) is 85.1 Å². The van der Waals surface area contributed by atoms with E-state index >= 15 is 0 Å². The Kier molecular flexibility index (Phi) is 4.77. The predicted molar refractivity (Wildman–Crippen MR) is 79.4 cm³/mol. The molecule has 0 saturated heterocycles. The predicted octanol–water partition coefficient (Wildman–Crippen LogP) is 3.34. The summed E-state index contributed by atoms with van der Waals surface area (Å²) in [5.41, 5.74) is -0.301. The van der Waals surface area contributed by atoms with Crippen molar-refractivity contribution in [1.82, 2.24) is 10.3 Å². The number of hydrogen-bond donors (Lipinski definition) is 1. The van der Waals surface area contributed by atoms with Gasteiger partial charge in [-0.2, -0.15) is 0 Å². The summed E-state index contributed by atoms with van der Waals surface area (Å²) in [6.07, 6.45) is 6.69. The van der Waals surface area contributed by atoms with Crippen molar-refractivity contribution >= 4 is 23.2 Å². The third-order valence-corrected chi connectivity index (χ3v) is 4.23. The lowest BCUT2D eigenvalue weighted by Gasteiger charge is -2.33. The highest BCUT2D eigenvalue weighted by Gasteiger charge is 2.28. The van der Waals surface area contributed by atoms with Crippen LogP contribution >= 0.6 is 11.6 Å². The Hall–Kier alpha value is -1.69. The van der Waals surface area contributed by atoms with Crippen molar-refractivity contribution in [3.63, 3.8) is 0 Å². The van der Waals surface area contributed by atoms with Crippen LogP contribution in [0.2, 0.25) is 5.15 Å². The highest BCUT2D eigenvalue weighted by Crippen LogP contribution is 2.35. The van der Waals surface area contributed by atoms with Crippen molar-refractivity contribution in [2.75, 3.05) is 6.54 Å². The molecule has 114 valence electrons. The third kappa shape index (κ3) is 3.91. The SMILES string of the molecule is CC1(CNC(=O)c2cc(Cl)ncc2[N+](=O)[O-])CCCCC1. The Morgan fingerprint density at radius 1 is 1.48 bits per heavy atom. The second-order valence-corrected chi connectivity index (χ2v) is 6.22. The number of aromatic nitrogens is 1. The Labute approximate surface area is 128 Å². The molecule has 1 saturated carbocycles. The smallest absolute Gasteiger partial charge is 0.300 e. The van der Waals surface area contributed by atoms with Crippen LogP contribution in [0, 0.1) is 15.5 Å². The standard InChI is InChI=1S/C14H18ClN3O3/c1-14(5-3-2-4-6-14)9-17-13(19)10-7-12(15)16-8-11(10)18(20)21/h7-8H,2-6,9H2,1H3,(H,17,19). The first-order valence-electron chi connectivity index (χ1n) is 6.99. The van der Waals surface area contributed by atoms with Crippen LogP contribution in [-0.2, 0) is 0 Å². The number of nitro groups is 1. The van der Waals surface area contributed by atoms with Gasteiger partial charge in [-0.05, 0) is 24.3 Å². The van der Waals surface area contributed by atoms with Crippen molar-refractivity contribution in [2.45, 2.75) is 39.0 Å². The Bertz CT molecular complexity index is 556. The Morgan fingerprint density at radius 3 is 2.76 bits per heavy atom. The summed E-state index contributed by atoms with van der Waals surface area (Å²) in [5, 5.41) is 13.8. The fraction of sp³-hybridized carbons (Fsp3) is 0.571. The van der Waals surface area contributed by atoms with E-state index in [-0.39, 0.29) is 21.8 Å². The summed E-state index contributed by atoms with van der Waals surface area (Å²) in [4.78, 5) is 26.2. The van der Waals surface area contributed by atoms with Gasteiger partial charge in [-0.1, -0.05) is 37.8 Å². The second kappa shape index (κ2) is 6.39. The van der Waals surface area contributed by atoms with Crippen LogP contribution in [0.25, 0.3) is 0 Å². The molecular formula is C14H18ClN3O3. The number of halogens is 1. The normalized spacial score (nSPS) is 17.2. The number of amides is 1. The Balaban J connectivity index is 2.09. The van der Waals surface area contributed by atoms with Crippen LogP contribution in [0.1, 0.15) is 49.4 Å². The lowest BCUT2D eigenvalue weighted by atomic mass is 9.76. The maximum atomic E-state index is 12.2. The number of hydrogen-bond acceptors (Lipinski definition) is 4. The summed E-state index contributed by atoms with van der Waals surface area (Å²) in [6, 6.07) is 1.23. The minimum Gasteiger partial charge on any atom is -0.351 e. The molecule has 0 spiro atoms. The minimum atomic E-state index is -0.624. The van der Waals surface area contributed by atoms with Gasteiger partial charge in [0, 0.05) is 6.54 Å². The first-order chi connectivity index (χ1) is 9.91. The van der Waals surface area contributed by atoms with E-state index in [1.165, 1.54) is 12.5 Å². The number of rotatable bonds is 4. The van der Waals surface area contributed by atoms with Gasteiger partial charge in [0.25, 0.3) is 11.6 Å². The average molecular weight is 312 g/mol. The zero-order valence-corrected chi connectivity index (χ0v) is 12.7. The van der Waals surface area contributed by atoms with Gasteiger partial charge < -0.3 is 5.32 Å². The molecule has 6 nitrogen and oxygen atoms in total. The van der Waals surface area contributed by atoms with E-state index in [0.717, 1.165) is 31.9 Å². The maximum absolute atomic E-state index is 12.2. The van der Waals surface area contributed by atoms with Gasteiger partial charge in [0.2, 0.25) is 0 Å². The van der Waals surface area contributed by atoms with Crippen molar-refractivity contribution < 1.29 is 9.72 Å². The van der Waals surface area contributed by atoms with Crippen LogP contribution in [-0.4, -0.2) is 22.4 Å². The second-order valence-electron chi connectivity index (χ2n) is 5.84. The summed E-state index contributed by atoms with van der Waals surface area (Å²) < 4.78 is 0. The van der Waals surface area contributed by atoms with Crippen molar-refractivity contribution in [3.8, 4) is 0 Å². The molecule has 1 aliphatic rings. The molecule has 0 aliphatic heterocycles. The number of nitrogens with zero attached hydrogens (tertiary/aromatic N) is 2. The third-order valence-electron chi connectivity index (χ3n) is 4.03. The van der Waals surface area contributed by atoms with E-state index in [1.54, 1.807) is 0 Å². The molecule has 0 unspecified atom stereocenters. The molecule has 7 heteroatoms. The van der Waals surface area contributed by atoms with Gasteiger partial charge in [-0.3, -0.25) is 14.9 Å². The van der Waals surface area contributed by atoms with Gasteiger partial charge in [0.05, 0.1) is 4.92 Å². The molecule has 21 heavy (non-hydrogen) atoms. The number of carbonyl (C=O) groups is 1. The van der Waals surface area contributed by atoms with E-state index in [9.17, 15) is 14.9 Å². The van der Waals surface area contributed by atoms with Crippen molar-refractivity contribution in [3.05, 3.63) is 33.1 Å². The molecule has 1 aromatic rings. The molecular weight excluding hydrogens is 294 g/mol. The minimum absolute atomic E-state index is 0.0422. The first kappa shape index (κ1) is 15.7. The van der Waals surface area contributed by atoms with Gasteiger partial charge in [0.15, 0.2) is 0 Å². The summed E-state index contributed by atoms with van der Waals surface area (Å²) in [5.74, 6) is -0.474. The van der Waals surface area contributed by atoms with Gasteiger partial charge in [0.1, 0.15) is 16.9 Å². The van der Waals surface area contributed by atoms with Crippen LogP contribution in [0.3, 0.4) is 0 Å². The van der Waals surface area contributed by atoms with Crippen LogP contribution in [0.4, 0.5) is 5.69 Å². The highest BCUT2D eigenvalue weighted by atomic mass is 35.5. The van der Waals surface area contributed by atoms with E-state index in [1.807, 2.05) is 0 Å². The van der Waals surface area contributed by atoms with Crippen LogP contribution in [0.5, 0.6) is 0 Å². The molecule has 1 fully saturated rings. The fourth-order valence-electron chi connectivity index (χ4n) is 2.72. The summed E-state index contributed by atoms with van der Waals surface area (Å²) in [6.45, 7) is 2.66. The molecule has 1 N–H and O–H groups in total. The van der Waals surface area contributed by atoms with Crippen LogP contribution in [0.15, 0.2) is 12.3 Å². The average Bonchev–Trinajstić information content (AvgIpc) is 2.45. The molecule has 1 aliphatic carbocycles. The van der Waals surface area contributed by atoms with Gasteiger partial charge in [-0.25, -0.2) is 4.98 Å². The molecule has 0 radical (unpaired) electrons. The zero-order chi connectivity index (χ0) is 15.5. The molecule has 1 aromatic heterocycles. The zero-order valence-electron chi connectivity index (χ0n) is 11.9. The lowest BCUT2D eigenvalue weighted by Crippen LogP contribution is -2.37.